The van der Waals surface area contributed by atoms with E-state index in [1.54, 1.807) is 0 Å². The Bertz CT molecular complexity index is 488. The average molecular weight is 254 g/mol. The molecule has 6 nitrogen and oxygen atoms in total. The van der Waals surface area contributed by atoms with Crippen LogP contribution in [0, 0.1) is 0 Å². The summed E-state index contributed by atoms with van der Waals surface area (Å²) in [6.45, 7) is 1.51. The van der Waals surface area contributed by atoms with Crippen LogP contribution >= 0.6 is 11.3 Å². The summed E-state index contributed by atoms with van der Waals surface area (Å²) in [7, 11) is 0. The summed E-state index contributed by atoms with van der Waals surface area (Å²) < 4.78 is 5.14. The van der Waals surface area contributed by atoms with E-state index in [0.29, 0.717) is 19.8 Å². The Balaban J connectivity index is 2.00. The third-order valence-electron chi connectivity index (χ3n) is 2.12. The second-order valence-corrected chi connectivity index (χ2v) is 4.23. The fourth-order valence-corrected chi connectivity index (χ4v) is 2.19. The van der Waals surface area contributed by atoms with E-state index in [1.807, 2.05) is 11.4 Å². The molecule has 0 aromatic carbocycles. The van der Waals surface area contributed by atoms with E-state index in [-0.39, 0.29) is 12.6 Å². The summed E-state index contributed by atoms with van der Waals surface area (Å²) in [6, 6.07) is 1.95. The number of aromatic nitrogens is 2. The number of aliphatic hydroxyl groups is 1. The number of nitrogens with one attached hydrogen (secondary N) is 1. The lowest BCUT2D eigenvalue weighted by Crippen LogP contribution is -2.13. The highest BCUT2D eigenvalue weighted by Crippen LogP contribution is 2.25. The van der Waals surface area contributed by atoms with Gasteiger partial charge in [-0.25, -0.2) is 4.98 Å². The highest BCUT2D eigenvalue weighted by atomic mass is 32.1. The number of ether oxygens (including phenoxy) is 1. The molecule has 7 heteroatoms. The first-order valence-corrected chi connectivity index (χ1v) is 6.12. The number of anilines is 2. The summed E-state index contributed by atoms with van der Waals surface area (Å²) in [5.41, 5.74) is 5.62. The lowest BCUT2D eigenvalue weighted by Gasteiger charge is -2.07. The SMILES string of the molecule is Nc1nc(NCCOCCO)c2ccsc2n1. The van der Waals surface area contributed by atoms with Crippen LogP contribution in [0.5, 0.6) is 0 Å². The first-order valence-electron chi connectivity index (χ1n) is 5.24. The van der Waals surface area contributed by atoms with E-state index in [4.69, 9.17) is 15.6 Å². The molecular weight excluding hydrogens is 240 g/mol. The number of thiophene rings is 1. The van der Waals surface area contributed by atoms with Gasteiger partial charge in [0.1, 0.15) is 10.6 Å². The summed E-state index contributed by atoms with van der Waals surface area (Å²) in [6.07, 6.45) is 0. The molecule has 0 atom stereocenters. The van der Waals surface area contributed by atoms with E-state index in [2.05, 4.69) is 15.3 Å². The van der Waals surface area contributed by atoms with Crippen LogP contribution in [-0.4, -0.2) is 41.4 Å². The van der Waals surface area contributed by atoms with Crippen molar-refractivity contribution in [2.24, 2.45) is 0 Å². The van der Waals surface area contributed by atoms with Gasteiger partial charge in [0.05, 0.1) is 25.2 Å². The highest BCUT2D eigenvalue weighted by Gasteiger charge is 2.06. The van der Waals surface area contributed by atoms with Gasteiger partial charge in [0, 0.05) is 6.54 Å². The summed E-state index contributed by atoms with van der Waals surface area (Å²) in [4.78, 5) is 9.16. The van der Waals surface area contributed by atoms with E-state index >= 15 is 0 Å². The molecule has 0 fully saturated rings. The fraction of sp³-hybridized carbons (Fsp3) is 0.400. The molecule has 0 saturated carbocycles. The topological polar surface area (TPSA) is 93.3 Å². The monoisotopic (exact) mass is 254 g/mol. The third-order valence-corrected chi connectivity index (χ3v) is 2.92. The van der Waals surface area contributed by atoms with E-state index in [0.717, 1.165) is 16.0 Å². The molecule has 0 unspecified atom stereocenters. The van der Waals surface area contributed by atoms with Gasteiger partial charge in [-0.05, 0) is 11.4 Å². The maximum Gasteiger partial charge on any atom is 0.223 e. The number of hydrogen-bond donors (Lipinski definition) is 3. The number of hydrogen-bond acceptors (Lipinski definition) is 7. The van der Waals surface area contributed by atoms with Crippen LogP contribution in [0.2, 0.25) is 0 Å². The Labute approximate surface area is 102 Å². The van der Waals surface area contributed by atoms with Gasteiger partial charge in [-0.2, -0.15) is 4.98 Å². The minimum atomic E-state index is 0.0369. The standard InChI is InChI=1S/C10H14N4O2S/c11-10-13-8(12-2-4-16-5-3-15)7-1-6-17-9(7)14-10/h1,6,15H,2-5H2,(H3,11,12,13,14). The van der Waals surface area contributed by atoms with E-state index < -0.39 is 0 Å². The Kier molecular flexibility index (Phi) is 4.08. The van der Waals surface area contributed by atoms with Gasteiger partial charge in [0.25, 0.3) is 0 Å². The van der Waals surface area contributed by atoms with Crippen molar-refractivity contribution in [2.45, 2.75) is 0 Å². The largest absolute Gasteiger partial charge is 0.394 e. The Morgan fingerprint density at radius 1 is 1.41 bits per heavy atom. The molecule has 0 aliphatic rings. The molecule has 0 saturated heterocycles. The van der Waals surface area contributed by atoms with E-state index in [1.165, 1.54) is 11.3 Å². The Morgan fingerprint density at radius 2 is 2.29 bits per heavy atom. The van der Waals surface area contributed by atoms with Crippen molar-refractivity contribution in [3.8, 4) is 0 Å². The Morgan fingerprint density at radius 3 is 3.12 bits per heavy atom. The molecule has 2 heterocycles. The van der Waals surface area contributed by atoms with Crippen molar-refractivity contribution >= 4 is 33.3 Å². The van der Waals surface area contributed by atoms with Gasteiger partial charge in [-0.1, -0.05) is 0 Å². The minimum Gasteiger partial charge on any atom is -0.394 e. The molecule has 17 heavy (non-hydrogen) atoms. The van der Waals surface area contributed by atoms with Crippen molar-refractivity contribution in [1.29, 1.82) is 0 Å². The zero-order valence-electron chi connectivity index (χ0n) is 9.22. The molecule has 0 aliphatic carbocycles. The van der Waals surface area contributed by atoms with Gasteiger partial charge in [0.2, 0.25) is 5.95 Å². The van der Waals surface area contributed by atoms with Gasteiger partial charge in [-0.15, -0.1) is 11.3 Å². The molecule has 0 bridgehead atoms. The van der Waals surface area contributed by atoms with Crippen LogP contribution in [0.1, 0.15) is 0 Å². The molecule has 2 rings (SSSR count). The van der Waals surface area contributed by atoms with Crippen molar-refractivity contribution < 1.29 is 9.84 Å². The molecular formula is C10H14N4O2S. The second kappa shape index (κ2) is 5.76. The van der Waals surface area contributed by atoms with Crippen LogP contribution in [0.4, 0.5) is 11.8 Å². The Hall–Kier alpha value is -1.44. The minimum absolute atomic E-state index is 0.0369. The number of aliphatic hydroxyl groups excluding tert-OH is 1. The van der Waals surface area contributed by atoms with E-state index in [9.17, 15) is 0 Å². The molecule has 2 aromatic rings. The molecule has 2 aromatic heterocycles. The fourth-order valence-electron chi connectivity index (χ4n) is 1.41. The zero-order valence-corrected chi connectivity index (χ0v) is 10.0. The van der Waals surface area contributed by atoms with Gasteiger partial charge in [0.15, 0.2) is 0 Å². The third kappa shape index (κ3) is 3.02. The predicted molar refractivity (Wildman–Crippen MR) is 68.2 cm³/mol. The smallest absolute Gasteiger partial charge is 0.223 e. The normalized spacial score (nSPS) is 10.9. The first-order chi connectivity index (χ1) is 8.31. The lowest BCUT2D eigenvalue weighted by atomic mass is 10.4. The van der Waals surface area contributed by atoms with Gasteiger partial charge < -0.3 is 20.9 Å². The van der Waals surface area contributed by atoms with Crippen LogP contribution in [0.25, 0.3) is 10.2 Å². The van der Waals surface area contributed by atoms with Crippen molar-refractivity contribution in [1.82, 2.24) is 9.97 Å². The predicted octanol–water partition coefficient (Wildman–Crippen LogP) is 0.694. The molecule has 92 valence electrons. The summed E-state index contributed by atoms with van der Waals surface area (Å²) in [5.74, 6) is 0.986. The number of nitrogens with two attached hydrogens (primary N) is 1. The molecule has 0 aliphatic heterocycles. The van der Waals surface area contributed by atoms with Gasteiger partial charge >= 0.3 is 0 Å². The molecule has 0 radical (unpaired) electrons. The van der Waals surface area contributed by atoms with Gasteiger partial charge in [-0.3, -0.25) is 0 Å². The number of nitrogens with zero attached hydrogens (tertiary/aromatic N) is 2. The molecule has 4 N–H and O–H groups in total. The maximum atomic E-state index is 8.55. The van der Waals surface area contributed by atoms with Crippen LogP contribution in [0.15, 0.2) is 11.4 Å². The van der Waals surface area contributed by atoms with Crippen LogP contribution in [0.3, 0.4) is 0 Å². The second-order valence-electron chi connectivity index (χ2n) is 3.33. The summed E-state index contributed by atoms with van der Waals surface area (Å²) >= 11 is 1.53. The average Bonchev–Trinajstić information content (AvgIpc) is 2.76. The maximum absolute atomic E-state index is 8.55. The summed E-state index contributed by atoms with van der Waals surface area (Å²) in [5, 5.41) is 14.6. The van der Waals surface area contributed by atoms with Crippen LogP contribution in [-0.2, 0) is 4.74 Å². The highest BCUT2D eigenvalue weighted by molar-refractivity contribution is 7.16. The zero-order chi connectivity index (χ0) is 12.1. The quantitative estimate of drug-likeness (QED) is 0.657. The molecule has 0 amide bonds. The van der Waals surface area contributed by atoms with Crippen LogP contribution < -0.4 is 11.1 Å². The van der Waals surface area contributed by atoms with Crippen molar-refractivity contribution in [3.63, 3.8) is 0 Å². The lowest BCUT2D eigenvalue weighted by molar-refractivity contribution is 0.0992. The first kappa shape index (κ1) is 12.0. The number of fused-ring (bicyclic) bond motifs is 1. The molecule has 0 spiro atoms. The van der Waals surface area contributed by atoms with Crippen molar-refractivity contribution in [2.75, 3.05) is 37.4 Å². The number of rotatable bonds is 6. The van der Waals surface area contributed by atoms with Crippen molar-refractivity contribution in [3.05, 3.63) is 11.4 Å². The number of nitrogen functional groups attached to an aromatic ring is 1.